The van der Waals surface area contributed by atoms with E-state index in [1.165, 1.54) is 35.9 Å². The van der Waals surface area contributed by atoms with Crippen LogP contribution in [0.15, 0.2) is 88.1 Å². The van der Waals surface area contributed by atoms with Crippen LogP contribution in [-0.2, 0) is 24.7 Å². The summed E-state index contributed by atoms with van der Waals surface area (Å²) in [7, 11) is 2.89. The number of nitrogens with zero attached hydrogens (tertiary/aromatic N) is 2. The minimum Gasteiger partial charge on any atom is -0.489 e. The Hall–Kier alpha value is -4.11. The summed E-state index contributed by atoms with van der Waals surface area (Å²) < 4.78 is 20.7. The standard InChI is InChI=1S/C30H27BrFN3O4/c1-35-28(25(17-19-6-4-3-5-7-19)21-10-12-22(31)13-11-21)34-26(27(39-2)30(35)38)29(37)33-18-24(36)16-20-8-14-23(32)15-9-20/h3-15,25H,16-18H2,1-2H3,(H,33,37). The molecule has 0 fully saturated rings. The predicted octanol–water partition coefficient (Wildman–Crippen LogP) is 4.61. The molecule has 1 unspecified atom stereocenters. The zero-order chi connectivity index (χ0) is 27.9. The molecule has 0 radical (unpaired) electrons. The number of aromatic nitrogens is 2. The molecule has 7 nitrogen and oxygen atoms in total. The number of methoxy groups -OCH3 is 1. The number of halogens is 2. The van der Waals surface area contributed by atoms with Gasteiger partial charge in [0.1, 0.15) is 11.6 Å². The summed E-state index contributed by atoms with van der Waals surface area (Å²) in [5.74, 6) is -1.56. The van der Waals surface area contributed by atoms with Crippen molar-refractivity contribution in [1.82, 2.24) is 14.9 Å². The molecular formula is C30H27BrFN3O4. The summed E-state index contributed by atoms with van der Waals surface area (Å²) in [6.07, 6.45) is 0.557. The van der Waals surface area contributed by atoms with Crippen molar-refractivity contribution in [3.63, 3.8) is 0 Å². The first-order chi connectivity index (χ1) is 18.8. The monoisotopic (exact) mass is 591 g/mol. The molecule has 1 N–H and O–H groups in total. The minimum absolute atomic E-state index is 0.0235. The van der Waals surface area contributed by atoms with Crippen molar-refractivity contribution in [2.24, 2.45) is 7.05 Å². The van der Waals surface area contributed by atoms with Crippen LogP contribution < -0.4 is 15.6 Å². The molecule has 39 heavy (non-hydrogen) atoms. The maximum Gasteiger partial charge on any atom is 0.296 e. The molecule has 3 aromatic carbocycles. The number of amides is 1. The SMILES string of the molecule is COc1c(C(=O)NCC(=O)Cc2ccc(F)cc2)nc(C(Cc2ccccc2)c2ccc(Br)cc2)n(C)c1=O. The summed E-state index contributed by atoms with van der Waals surface area (Å²) in [6, 6.07) is 23.1. The lowest BCUT2D eigenvalue weighted by atomic mass is 9.91. The largest absolute Gasteiger partial charge is 0.489 e. The van der Waals surface area contributed by atoms with E-state index < -0.39 is 17.3 Å². The van der Waals surface area contributed by atoms with Crippen molar-refractivity contribution in [2.45, 2.75) is 18.8 Å². The van der Waals surface area contributed by atoms with E-state index in [0.717, 1.165) is 15.6 Å². The van der Waals surface area contributed by atoms with Crippen LogP contribution in [-0.4, -0.2) is 34.9 Å². The molecule has 1 heterocycles. The number of ether oxygens (including phenoxy) is 1. The van der Waals surface area contributed by atoms with Gasteiger partial charge in [0.2, 0.25) is 5.75 Å². The van der Waals surface area contributed by atoms with Gasteiger partial charge < -0.3 is 10.1 Å². The molecule has 9 heteroatoms. The lowest BCUT2D eigenvalue weighted by molar-refractivity contribution is -0.117. The van der Waals surface area contributed by atoms with Gasteiger partial charge in [-0.25, -0.2) is 9.37 Å². The van der Waals surface area contributed by atoms with E-state index in [1.807, 2.05) is 54.6 Å². The topological polar surface area (TPSA) is 90.3 Å². The lowest BCUT2D eigenvalue weighted by Crippen LogP contribution is -2.35. The van der Waals surface area contributed by atoms with Gasteiger partial charge in [-0.3, -0.25) is 19.0 Å². The second kappa shape index (κ2) is 12.6. The Morgan fingerprint density at radius 2 is 1.67 bits per heavy atom. The number of Topliss-reactive ketones (excluding diaryl/α,β-unsaturated/α-hetero) is 1. The van der Waals surface area contributed by atoms with Crippen LogP contribution >= 0.6 is 15.9 Å². The van der Waals surface area contributed by atoms with Crippen LogP contribution in [0, 0.1) is 5.82 Å². The number of hydrogen-bond acceptors (Lipinski definition) is 5. The van der Waals surface area contributed by atoms with Crippen molar-refractivity contribution >= 4 is 27.6 Å². The highest BCUT2D eigenvalue weighted by molar-refractivity contribution is 9.10. The number of carbonyl (C=O) groups is 2. The molecule has 0 aliphatic heterocycles. The fourth-order valence-electron chi connectivity index (χ4n) is 4.31. The smallest absolute Gasteiger partial charge is 0.296 e. The van der Waals surface area contributed by atoms with Gasteiger partial charge in [-0.15, -0.1) is 0 Å². The van der Waals surface area contributed by atoms with Crippen LogP contribution in [0.1, 0.15) is 38.9 Å². The van der Waals surface area contributed by atoms with E-state index in [4.69, 9.17) is 4.74 Å². The quantitative estimate of drug-likeness (QED) is 0.291. The molecule has 1 amide bonds. The fourth-order valence-corrected chi connectivity index (χ4v) is 4.57. The van der Waals surface area contributed by atoms with E-state index in [-0.39, 0.29) is 36.1 Å². The van der Waals surface area contributed by atoms with Gasteiger partial charge in [-0.1, -0.05) is 70.5 Å². The summed E-state index contributed by atoms with van der Waals surface area (Å²) >= 11 is 3.46. The fraction of sp³-hybridized carbons (Fsp3) is 0.200. The van der Waals surface area contributed by atoms with Crippen molar-refractivity contribution in [3.05, 3.63) is 128 Å². The van der Waals surface area contributed by atoms with Crippen molar-refractivity contribution in [2.75, 3.05) is 13.7 Å². The van der Waals surface area contributed by atoms with Crippen LogP contribution in [0.25, 0.3) is 0 Å². The first kappa shape index (κ1) is 27.9. The predicted molar refractivity (Wildman–Crippen MR) is 150 cm³/mol. The van der Waals surface area contributed by atoms with Crippen molar-refractivity contribution in [3.8, 4) is 5.75 Å². The summed E-state index contributed by atoms with van der Waals surface area (Å²) in [4.78, 5) is 43.6. The molecule has 0 aliphatic carbocycles. The summed E-state index contributed by atoms with van der Waals surface area (Å²) in [5, 5.41) is 2.56. The van der Waals surface area contributed by atoms with Gasteiger partial charge in [0.25, 0.3) is 11.5 Å². The average molecular weight is 592 g/mol. The van der Waals surface area contributed by atoms with Crippen molar-refractivity contribution in [1.29, 1.82) is 0 Å². The zero-order valence-electron chi connectivity index (χ0n) is 21.5. The molecule has 4 aromatic rings. The average Bonchev–Trinajstić information content (AvgIpc) is 2.94. The van der Waals surface area contributed by atoms with E-state index in [0.29, 0.717) is 17.8 Å². The summed E-state index contributed by atoms with van der Waals surface area (Å²) in [6.45, 7) is -0.286. The van der Waals surface area contributed by atoms with Gasteiger partial charge in [0, 0.05) is 23.9 Å². The third-order valence-corrected chi connectivity index (χ3v) is 6.86. The lowest BCUT2D eigenvalue weighted by Gasteiger charge is -2.22. The highest BCUT2D eigenvalue weighted by atomic mass is 79.9. The second-order valence-corrected chi connectivity index (χ2v) is 9.95. The molecule has 0 aliphatic rings. The Kier molecular flexibility index (Phi) is 9.03. The van der Waals surface area contributed by atoms with Gasteiger partial charge in [-0.05, 0) is 47.4 Å². The first-order valence-electron chi connectivity index (χ1n) is 12.3. The number of nitrogens with one attached hydrogen (secondary N) is 1. The van der Waals surface area contributed by atoms with E-state index in [2.05, 4.69) is 26.2 Å². The number of rotatable bonds is 10. The maximum absolute atomic E-state index is 13.3. The van der Waals surface area contributed by atoms with Gasteiger partial charge in [0.15, 0.2) is 11.5 Å². The molecule has 1 aromatic heterocycles. The maximum atomic E-state index is 13.3. The van der Waals surface area contributed by atoms with Crippen molar-refractivity contribution < 1.29 is 18.7 Å². The second-order valence-electron chi connectivity index (χ2n) is 9.03. The number of hydrogen-bond donors (Lipinski definition) is 1. The van der Waals surface area contributed by atoms with Crippen LogP contribution in [0.5, 0.6) is 5.75 Å². The Morgan fingerprint density at radius 3 is 2.31 bits per heavy atom. The van der Waals surface area contributed by atoms with Crippen LogP contribution in [0.3, 0.4) is 0 Å². The van der Waals surface area contributed by atoms with Gasteiger partial charge in [0.05, 0.1) is 13.7 Å². The van der Waals surface area contributed by atoms with E-state index in [9.17, 15) is 18.8 Å². The normalized spacial score (nSPS) is 11.6. The third-order valence-electron chi connectivity index (χ3n) is 6.33. The highest BCUT2D eigenvalue weighted by Gasteiger charge is 2.27. The number of carbonyl (C=O) groups excluding carboxylic acids is 2. The minimum atomic E-state index is -0.701. The zero-order valence-corrected chi connectivity index (χ0v) is 23.1. The molecule has 200 valence electrons. The Labute approximate surface area is 233 Å². The molecule has 0 bridgehead atoms. The van der Waals surface area contributed by atoms with Gasteiger partial charge in [-0.2, -0.15) is 0 Å². The molecule has 4 rings (SSSR count). The first-order valence-corrected chi connectivity index (χ1v) is 13.0. The number of benzene rings is 3. The molecule has 0 saturated carbocycles. The Morgan fingerprint density at radius 1 is 1.00 bits per heavy atom. The highest BCUT2D eigenvalue weighted by Crippen LogP contribution is 2.29. The van der Waals surface area contributed by atoms with Gasteiger partial charge >= 0.3 is 0 Å². The third kappa shape index (κ3) is 6.86. The molecule has 1 atom stereocenters. The summed E-state index contributed by atoms with van der Waals surface area (Å²) in [5.41, 5.74) is 1.87. The van der Waals surface area contributed by atoms with Crippen LogP contribution in [0.4, 0.5) is 4.39 Å². The van der Waals surface area contributed by atoms with E-state index >= 15 is 0 Å². The number of ketones is 1. The molecule has 0 saturated heterocycles. The van der Waals surface area contributed by atoms with E-state index in [1.54, 1.807) is 7.05 Å². The molecule has 0 spiro atoms. The Bertz CT molecular complexity index is 1520. The molecular weight excluding hydrogens is 565 g/mol. The Balaban J connectivity index is 1.66. The van der Waals surface area contributed by atoms with Crippen LogP contribution in [0.2, 0.25) is 0 Å².